The number of hydrogen-bond acceptors (Lipinski definition) is 4. The van der Waals surface area contributed by atoms with E-state index in [2.05, 4.69) is 6.92 Å². The summed E-state index contributed by atoms with van der Waals surface area (Å²) in [7, 11) is 0. The van der Waals surface area contributed by atoms with Gasteiger partial charge in [0.1, 0.15) is 11.6 Å². The van der Waals surface area contributed by atoms with Crippen LogP contribution in [0.15, 0.2) is 0 Å². The van der Waals surface area contributed by atoms with Gasteiger partial charge in [-0.05, 0) is 55.3 Å². The molecule has 1 unspecified atom stereocenters. The van der Waals surface area contributed by atoms with Gasteiger partial charge < -0.3 is 10.2 Å². The molecule has 4 heteroatoms. The van der Waals surface area contributed by atoms with E-state index in [1.165, 1.54) is 26.2 Å². The van der Waals surface area contributed by atoms with Crippen LogP contribution in [0.2, 0.25) is 0 Å². The molecule has 0 aliphatic heterocycles. The first kappa shape index (κ1) is 17.7. The summed E-state index contributed by atoms with van der Waals surface area (Å²) in [6.45, 7) is 5.77. The highest BCUT2D eigenvalue weighted by Crippen LogP contribution is 2.68. The summed E-state index contributed by atoms with van der Waals surface area (Å²) in [6, 6.07) is 0. The van der Waals surface area contributed by atoms with Crippen LogP contribution < -0.4 is 0 Å². The van der Waals surface area contributed by atoms with Crippen LogP contribution in [0.5, 0.6) is 0 Å². The van der Waals surface area contributed by atoms with Crippen LogP contribution in [-0.2, 0) is 9.59 Å². The fourth-order valence-corrected chi connectivity index (χ4v) is 7.89. The molecule has 0 aromatic heterocycles. The SMILES string of the molecule is CC(=O)[C@H]1CC(O)(O)[C@H]2[C@@H]3CCC4CCCC[C@]4(C)[C@H]3C(=O)C[C@]12C. The molecule has 2 N–H and O–H groups in total. The van der Waals surface area contributed by atoms with Crippen molar-refractivity contribution in [3.63, 3.8) is 0 Å². The van der Waals surface area contributed by atoms with Gasteiger partial charge in [-0.25, -0.2) is 0 Å². The normalized spacial score (nSPS) is 51.4. The number of carbonyl (C=O) groups excluding carboxylic acids is 2. The molecule has 0 aromatic carbocycles. The standard InChI is InChI=1S/C21H32O4/c1-12(22)15-10-21(24,25)18-14-8-7-13-6-4-5-9-19(13,2)17(14)16(23)11-20(15,18)3/h13-15,17-18,24-25H,4-11H2,1-3H3/t13?,14-,15-,17-,18+,19+,20-/m1/s1. The van der Waals surface area contributed by atoms with E-state index in [9.17, 15) is 19.8 Å². The first-order valence-electron chi connectivity index (χ1n) is 10.1. The Labute approximate surface area is 150 Å². The molecule has 4 fully saturated rings. The molecule has 140 valence electrons. The fourth-order valence-electron chi connectivity index (χ4n) is 7.89. The Morgan fingerprint density at radius 2 is 1.80 bits per heavy atom. The third kappa shape index (κ3) is 2.26. The van der Waals surface area contributed by atoms with Gasteiger partial charge in [-0.15, -0.1) is 0 Å². The average molecular weight is 348 g/mol. The highest BCUT2D eigenvalue weighted by molar-refractivity contribution is 5.87. The molecular weight excluding hydrogens is 316 g/mol. The second-order valence-corrected chi connectivity index (χ2v) is 10.0. The molecule has 4 aliphatic carbocycles. The summed E-state index contributed by atoms with van der Waals surface area (Å²) in [5.41, 5.74) is -0.602. The van der Waals surface area contributed by atoms with Gasteiger partial charge in [-0.1, -0.05) is 26.7 Å². The molecule has 4 rings (SSSR count). The molecule has 0 amide bonds. The van der Waals surface area contributed by atoms with Crippen LogP contribution in [0, 0.1) is 40.4 Å². The Bertz CT molecular complexity index is 611. The van der Waals surface area contributed by atoms with Gasteiger partial charge in [0.25, 0.3) is 0 Å². The Hall–Kier alpha value is -0.740. The molecule has 7 atom stereocenters. The maximum atomic E-state index is 13.3. The van der Waals surface area contributed by atoms with E-state index in [1.807, 2.05) is 6.92 Å². The van der Waals surface area contributed by atoms with Crippen LogP contribution in [0.4, 0.5) is 0 Å². The fraction of sp³-hybridized carbons (Fsp3) is 0.905. The molecule has 0 spiro atoms. The van der Waals surface area contributed by atoms with Crippen molar-refractivity contribution >= 4 is 11.6 Å². The summed E-state index contributed by atoms with van der Waals surface area (Å²) in [4.78, 5) is 25.6. The Morgan fingerprint density at radius 3 is 2.48 bits per heavy atom. The maximum Gasteiger partial charge on any atom is 0.166 e. The van der Waals surface area contributed by atoms with E-state index in [0.717, 1.165) is 19.3 Å². The molecule has 0 heterocycles. The minimum Gasteiger partial charge on any atom is -0.365 e. The van der Waals surface area contributed by atoms with E-state index in [0.29, 0.717) is 12.3 Å². The first-order valence-corrected chi connectivity index (χ1v) is 10.1. The number of hydrogen-bond donors (Lipinski definition) is 2. The largest absolute Gasteiger partial charge is 0.365 e. The maximum absolute atomic E-state index is 13.3. The molecule has 0 aromatic rings. The highest BCUT2D eigenvalue weighted by atomic mass is 16.5. The van der Waals surface area contributed by atoms with E-state index in [-0.39, 0.29) is 41.2 Å². The number of Topliss-reactive ketones (excluding diaryl/α,β-unsaturated/α-hetero) is 2. The molecule has 0 saturated heterocycles. The number of fused-ring (bicyclic) bond motifs is 5. The van der Waals surface area contributed by atoms with Gasteiger partial charge in [0.2, 0.25) is 0 Å². The van der Waals surface area contributed by atoms with Gasteiger partial charge in [-0.3, -0.25) is 9.59 Å². The van der Waals surface area contributed by atoms with E-state index in [4.69, 9.17) is 0 Å². The van der Waals surface area contributed by atoms with Gasteiger partial charge in [0, 0.05) is 30.6 Å². The average Bonchev–Trinajstić information content (AvgIpc) is 2.72. The van der Waals surface area contributed by atoms with Gasteiger partial charge in [-0.2, -0.15) is 0 Å². The smallest absolute Gasteiger partial charge is 0.166 e. The third-order valence-corrected chi connectivity index (χ3v) is 8.77. The van der Waals surface area contributed by atoms with Crippen molar-refractivity contribution < 1.29 is 19.8 Å². The minimum atomic E-state index is -1.83. The summed E-state index contributed by atoms with van der Waals surface area (Å²) in [6.07, 6.45) is 7.09. The topological polar surface area (TPSA) is 74.6 Å². The first-order chi connectivity index (χ1) is 11.6. The van der Waals surface area contributed by atoms with E-state index < -0.39 is 17.1 Å². The zero-order valence-electron chi connectivity index (χ0n) is 15.8. The predicted molar refractivity (Wildman–Crippen MR) is 93.5 cm³/mol. The van der Waals surface area contributed by atoms with Crippen molar-refractivity contribution in [3.05, 3.63) is 0 Å². The summed E-state index contributed by atoms with van der Waals surface area (Å²) in [5.74, 6) is -1.81. The van der Waals surface area contributed by atoms with Crippen LogP contribution in [0.1, 0.15) is 72.1 Å². The second kappa shape index (κ2) is 5.39. The number of rotatable bonds is 1. The lowest BCUT2D eigenvalue weighted by molar-refractivity contribution is -0.235. The lowest BCUT2D eigenvalue weighted by atomic mass is 9.44. The van der Waals surface area contributed by atoms with Crippen molar-refractivity contribution in [2.45, 2.75) is 77.9 Å². The molecular formula is C21H32O4. The molecule has 4 nitrogen and oxygen atoms in total. The molecule has 25 heavy (non-hydrogen) atoms. The van der Waals surface area contributed by atoms with Crippen molar-refractivity contribution in [1.82, 2.24) is 0 Å². The van der Waals surface area contributed by atoms with Crippen molar-refractivity contribution in [1.29, 1.82) is 0 Å². The number of ketones is 2. The lowest BCUT2D eigenvalue weighted by Gasteiger charge is -2.60. The Balaban J connectivity index is 1.78. The number of aliphatic hydroxyl groups is 2. The summed E-state index contributed by atoms with van der Waals surface area (Å²) >= 11 is 0. The Kier molecular flexibility index (Phi) is 3.81. The zero-order chi connectivity index (χ0) is 18.2. The minimum absolute atomic E-state index is 0.00394. The van der Waals surface area contributed by atoms with E-state index in [1.54, 1.807) is 0 Å². The summed E-state index contributed by atoms with van der Waals surface area (Å²) < 4.78 is 0. The lowest BCUT2D eigenvalue weighted by Crippen LogP contribution is -2.60. The monoisotopic (exact) mass is 348 g/mol. The van der Waals surface area contributed by atoms with Gasteiger partial charge >= 0.3 is 0 Å². The van der Waals surface area contributed by atoms with E-state index >= 15 is 0 Å². The van der Waals surface area contributed by atoms with Crippen LogP contribution in [0.25, 0.3) is 0 Å². The third-order valence-electron chi connectivity index (χ3n) is 8.77. The van der Waals surface area contributed by atoms with Gasteiger partial charge in [0.05, 0.1) is 0 Å². The number of carbonyl (C=O) groups is 2. The molecule has 0 radical (unpaired) electrons. The van der Waals surface area contributed by atoms with Crippen LogP contribution in [-0.4, -0.2) is 27.6 Å². The van der Waals surface area contributed by atoms with Crippen molar-refractivity contribution in [3.8, 4) is 0 Å². The van der Waals surface area contributed by atoms with Crippen LogP contribution >= 0.6 is 0 Å². The summed E-state index contributed by atoms with van der Waals surface area (Å²) in [5, 5.41) is 21.7. The van der Waals surface area contributed by atoms with Gasteiger partial charge in [0.15, 0.2) is 5.79 Å². The molecule has 4 aliphatic rings. The quantitative estimate of drug-likeness (QED) is 0.714. The van der Waals surface area contributed by atoms with Crippen molar-refractivity contribution in [2.75, 3.05) is 0 Å². The predicted octanol–water partition coefficient (Wildman–Crippen LogP) is 3.09. The molecule has 4 saturated carbocycles. The van der Waals surface area contributed by atoms with Crippen LogP contribution in [0.3, 0.4) is 0 Å². The highest BCUT2D eigenvalue weighted by Gasteiger charge is 2.69. The molecule has 0 bridgehead atoms. The zero-order valence-corrected chi connectivity index (χ0v) is 15.8. The Morgan fingerprint density at radius 1 is 1.08 bits per heavy atom. The van der Waals surface area contributed by atoms with Crippen molar-refractivity contribution in [2.24, 2.45) is 40.4 Å². The second-order valence-electron chi connectivity index (χ2n) is 10.0.